The van der Waals surface area contributed by atoms with Gasteiger partial charge in [0.15, 0.2) is 12.5 Å². The summed E-state index contributed by atoms with van der Waals surface area (Å²) >= 11 is 1.45. The number of hydrogen-bond acceptors (Lipinski definition) is 8. The van der Waals surface area contributed by atoms with Crippen molar-refractivity contribution in [3.05, 3.63) is 100 Å². The van der Waals surface area contributed by atoms with E-state index in [2.05, 4.69) is 5.32 Å². The van der Waals surface area contributed by atoms with E-state index in [1.807, 2.05) is 54.6 Å². The number of hydroxylamine groups is 1. The minimum atomic E-state index is -0.607. The first-order valence-corrected chi connectivity index (χ1v) is 15.5. The van der Waals surface area contributed by atoms with E-state index in [0.29, 0.717) is 36.6 Å². The second-order valence-corrected chi connectivity index (χ2v) is 11.5. The number of aliphatic hydroxyl groups excluding tert-OH is 1. The van der Waals surface area contributed by atoms with Crippen LogP contribution in [0.3, 0.4) is 0 Å². The first kappa shape index (κ1) is 32.4. The van der Waals surface area contributed by atoms with Crippen molar-refractivity contribution in [2.75, 3.05) is 5.75 Å². The van der Waals surface area contributed by atoms with Crippen molar-refractivity contribution in [3.8, 4) is 0 Å². The molecule has 4 N–H and O–H groups in total. The van der Waals surface area contributed by atoms with E-state index in [0.717, 1.165) is 46.2 Å². The Morgan fingerprint density at radius 1 is 0.884 bits per heavy atom. The molecule has 1 saturated heterocycles. The largest absolute Gasteiger partial charge is 0.618 e. The van der Waals surface area contributed by atoms with E-state index >= 15 is 0 Å². The molecular formula is C32H39N3O7S. The normalized spacial score (nSPS) is 18.2. The lowest BCUT2D eigenvalue weighted by Crippen LogP contribution is -2.32. The quantitative estimate of drug-likeness (QED) is 0.0488. The Kier molecular flexibility index (Phi) is 12.8. The van der Waals surface area contributed by atoms with Gasteiger partial charge in [-0.25, -0.2) is 5.48 Å². The zero-order valence-electron chi connectivity index (χ0n) is 24.0. The van der Waals surface area contributed by atoms with Crippen molar-refractivity contribution in [3.63, 3.8) is 0 Å². The highest BCUT2D eigenvalue weighted by atomic mass is 32.2. The van der Waals surface area contributed by atoms with Crippen LogP contribution in [0.15, 0.2) is 78.0 Å². The molecule has 1 aromatic heterocycles. The number of aromatic nitrogens is 1. The zero-order valence-corrected chi connectivity index (χ0v) is 24.8. The van der Waals surface area contributed by atoms with Crippen LogP contribution in [0.1, 0.15) is 79.6 Å². The third kappa shape index (κ3) is 10.3. The van der Waals surface area contributed by atoms with Crippen LogP contribution in [0.25, 0.3) is 0 Å². The van der Waals surface area contributed by atoms with Gasteiger partial charge in [0.05, 0.1) is 18.8 Å². The van der Waals surface area contributed by atoms with Gasteiger partial charge in [-0.05, 0) is 35.6 Å². The van der Waals surface area contributed by atoms with Crippen LogP contribution in [-0.4, -0.2) is 34.0 Å². The van der Waals surface area contributed by atoms with Crippen LogP contribution in [-0.2, 0) is 32.2 Å². The predicted octanol–water partition coefficient (Wildman–Crippen LogP) is 4.61. The molecule has 11 heteroatoms. The summed E-state index contributed by atoms with van der Waals surface area (Å²) in [5, 5.41) is 33.6. The van der Waals surface area contributed by atoms with Crippen LogP contribution < -0.4 is 15.5 Å². The van der Waals surface area contributed by atoms with Crippen LogP contribution in [0, 0.1) is 5.21 Å². The van der Waals surface area contributed by atoms with Crippen LogP contribution in [0.2, 0.25) is 0 Å². The Bertz CT molecular complexity index is 1310. The molecule has 230 valence electrons. The Morgan fingerprint density at radius 2 is 1.56 bits per heavy atom. The molecule has 1 fully saturated rings. The van der Waals surface area contributed by atoms with Crippen molar-refractivity contribution in [1.82, 2.24) is 10.8 Å². The molecule has 2 heterocycles. The summed E-state index contributed by atoms with van der Waals surface area (Å²) in [5.41, 5.74) is 5.25. The standard InChI is InChI=1S/C32H39N3O7S/c36-21-24-12-14-25(15-13-24)28-19-27(22-43-31-9-5-6-18-35(31)40)41-32(42-28)26-16-10-23(11-17-26)20-33-29(37)7-3-1-2-4-8-30(38)34-39/h5-6,9-18,27-28,32,36,39H,1-4,7-8,19-22H2,(H,33,37)(H,34,38)/t27-,28+,32+/m1/s1. The zero-order chi connectivity index (χ0) is 30.4. The van der Waals surface area contributed by atoms with Crippen molar-refractivity contribution in [1.29, 1.82) is 0 Å². The lowest BCUT2D eigenvalue weighted by molar-refractivity contribution is -0.645. The molecule has 0 saturated carbocycles. The minimum Gasteiger partial charge on any atom is -0.618 e. The summed E-state index contributed by atoms with van der Waals surface area (Å²) in [4.78, 5) is 23.3. The number of pyridine rings is 1. The maximum Gasteiger partial charge on any atom is 0.251 e. The monoisotopic (exact) mass is 609 g/mol. The van der Waals surface area contributed by atoms with Crippen LogP contribution in [0.4, 0.5) is 0 Å². The molecule has 0 spiro atoms. The van der Waals surface area contributed by atoms with E-state index in [1.54, 1.807) is 17.6 Å². The summed E-state index contributed by atoms with van der Waals surface area (Å²) in [6.07, 6.45) is 4.89. The molecular weight excluding hydrogens is 570 g/mol. The molecule has 0 bridgehead atoms. The number of unbranched alkanes of at least 4 members (excludes halogenated alkanes) is 3. The number of rotatable bonds is 15. The third-order valence-electron chi connectivity index (χ3n) is 7.24. The van der Waals surface area contributed by atoms with Gasteiger partial charge in [-0.15, -0.1) is 0 Å². The Balaban J connectivity index is 1.31. The number of hydrogen-bond donors (Lipinski definition) is 4. The molecule has 43 heavy (non-hydrogen) atoms. The second kappa shape index (κ2) is 17.0. The molecule has 0 unspecified atom stereocenters. The summed E-state index contributed by atoms with van der Waals surface area (Å²) < 4.78 is 13.6. The number of carbonyl (C=O) groups is 2. The van der Waals surface area contributed by atoms with Gasteiger partial charge >= 0.3 is 0 Å². The van der Waals surface area contributed by atoms with Crippen molar-refractivity contribution < 1.29 is 34.1 Å². The molecule has 3 atom stereocenters. The Hall–Kier alpha value is -3.48. The summed E-state index contributed by atoms with van der Waals surface area (Å²) in [6, 6.07) is 20.8. The molecule has 4 rings (SSSR count). The molecule has 2 aromatic carbocycles. The van der Waals surface area contributed by atoms with E-state index in [9.17, 15) is 19.9 Å². The highest BCUT2D eigenvalue weighted by Crippen LogP contribution is 2.39. The van der Waals surface area contributed by atoms with E-state index in [1.165, 1.54) is 18.0 Å². The van der Waals surface area contributed by atoms with E-state index in [4.69, 9.17) is 14.7 Å². The summed E-state index contributed by atoms with van der Waals surface area (Å²) in [7, 11) is 0. The number of nitrogens with zero attached hydrogens (tertiary/aromatic N) is 1. The molecule has 10 nitrogen and oxygen atoms in total. The van der Waals surface area contributed by atoms with Gasteiger partial charge in [-0.1, -0.05) is 73.1 Å². The van der Waals surface area contributed by atoms with Crippen molar-refractivity contribution >= 4 is 23.6 Å². The Labute approximate surface area is 256 Å². The average Bonchev–Trinajstić information content (AvgIpc) is 3.05. The summed E-state index contributed by atoms with van der Waals surface area (Å²) in [6.45, 7) is 0.386. The van der Waals surface area contributed by atoms with Gasteiger partial charge in [0.1, 0.15) is 0 Å². The minimum absolute atomic E-state index is 0.0238. The van der Waals surface area contributed by atoms with Gasteiger partial charge in [0.25, 0.3) is 5.03 Å². The number of amides is 2. The van der Waals surface area contributed by atoms with E-state index in [-0.39, 0.29) is 31.1 Å². The highest BCUT2D eigenvalue weighted by molar-refractivity contribution is 7.99. The first-order valence-electron chi connectivity index (χ1n) is 14.5. The number of carbonyl (C=O) groups excluding carboxylic acids is 2. The first-order chi connectivity index (χ1) is 20.9. The van der Waals surface area contributed by atoms with Crippen molar-refractivity contribution in [2.45, 2.75) is 81.6 Å². The smallest absolute Gasteiger partial charge is 0.251 e. The van der Waals surface area contributed by atoms with Gasteiger partial charge in [0, 0.05) is 49.3 Å². The van der Waals surface area contributed by atoms with Crippen LogP contribution in [0.5, 0.6) is 0 Å². The molecule has 1 aliphatic rings. The number of ether oxygens (including phenoxy) is 2. The topological polar surface area (TPSA) is 144 Å². The Morgan fingerprint density at radius 3 is 2.23 bits per heavy atom. The second-order valence-electron chi connectivity index (χ2n) is 10.5. The predicted molar refractivity (Wildman–Crippen MR) is 160 cm³/mol. The molecule has 3 aromatic rings. The SMILES string of the molecule is O=C(CCCCCCC(=O)NCc1ccc([C@H]2O[C@@H](CSc3cccc[n+]3[O-])C[C@@H](c3ccc(CO)cc3)O2)cc1)NO. The van der Waals surface area contributed by atoms with E-state index < -0.39 is 12.2 Å². The van der Waals surface area contributed by atoms with Gasteiger partial charge in [0.2, 0.25) is 11.8 Å². The molecule has 2 amide bonds. The maximum absolute atomic E-state index is 12.3. The number of thioether (sulfide) groups is 1. The van der Waals surface area contributed by atoms with Gasteiger partial charge < -0.3 is 25.1 Å². The molecule has 0 radical (unpaired) electrons. The average molecular weight is 610 g/mol. The lowest BCUT2D eigenvalue weighted by atomic mass is 10.0. The fourth-order valence-corrected chi connectivity index (χ4v) is 5.72. The lowest BCUT2D eigenvalue weighted by Gasteiger charge is -2.36. The number of aliphatic hydroxyl groups is 1. The maximum atomic E-state index is 12.3. The molecule has 0 aliphatic carbocycles. The fourth-order valence-electron chi connectivity index (χ4n) is 4.79. The van der Waals surface area contributed by atoms with Crippen molar-refractivity contribution in [2.24, 2.45) is 0 Å². The number of nitrogens with one attached hydrogen (secondary N) is 2. The van der Waals surface area contributed by atoms with Gasteiger partial charge in [-0.3, -0.25) is 14.8 Å². The molecule has 1 aliphatic heterocycles. The van der Waals surface area contributed by atoms with Gasteiger partial charge in [-0.2, -0.15) is 4.73 Å². The third-order valence-corrected chi connectivity index (χ3v) is 8.39. The number of benzene rings is 2. The van der Waals surface area contributed by atoms with Crippen LogP contribution >= 0.6 is 11.8 Å². The summed E-state index contributed by atoms with van der Waals surface area (Å²) in [5.74, 6) is 0.169. The fraction of sp³-hybridized carbons (Fsp3) is 0.406. The highest BCUT2D eigenvalue weighted by Gasteiger charge is 2.32.